The Morgan fingerprint density at radius 1 is 1.29 bits per heavy atom. The molecule has 110 valence electrons. The van der Waals surface area contributed by atoms with E-state index < -0.39 is 5.97 Å². The summed E-state index contributed by atoms with van der Waals surface area (Å²) < 4.78 is 5.24. The summed E-state index contributed by atoms with van der Waals surface area (Å²) in [6.07, 6.45) is 0. The predicted octanol–water partition coefficient (Wildman–Crippen LogP) is 2.45. The molecule has 0 aliphatic carbocycles. The number of ether oxygens (including phenoxy) is 1. The second-order valence-corrected chi connectivity index (χ2v) is 5.41. The Labute approximate surface area is 126 Å². The van der Waals surface area contributed by atoms with E-state index in [2.05, 4.69) is 5.32 Å². The van der Waals surface area contributed by atoms with Crippen molar-refractivity contribution in [1.82, 2.24) is 5.32 Å². The second-order valence-electron chi connectivity index (χ2n) is 4.50. The molecule has 6 heteroatoms. The maximum absolute atomic E-state index is 11.6. The minimum absolute atomic E-state index is 0.137. The second kappa shape index (κ2) is 6.90. The molecule has 0 atom stereocenters. The molecule has 0 fully saturated rings. The number of nitrogens with one attached hydrogen (secondary N) is 1. The van der Waals surface area contributed by atoms with Crippen molar-refractivity contribution < 1.29 is 19.4 Å². The number of thiophene rings is 1. The summed E-state index contributed by atoms with van der Waals surface area (Å²) in [5.74, 6) is -0.861. The van der Waals surface area contributed by atoms with Crippen molar-refractivity contribution in [2.24, 2.45) is 0 Å². The topological polar surface area (TPSA) is 75.6 Å². The number of aryl methyl sites for hydroxylation is 1. The molecule has 2 aromatic rings. The van der Waals surface area contributed by atoms with Crippen LogP contribution < -0.4 is 10.1 Å². The molecular formula is C15H15NO4S. The normalized spacial score (nSPS) is 10.1. The number of aromatic carboxylic acids is 1. The zero-order chi connectivity index (χ0) is 15.2. The van der Waals surface area contributed by atoms with Gasteiger partial charge in [0.1, 0.15) is 10.6 Å². The van der Waals surface area contributed by atoms with Crippen LogP contribution in [0.2, 0.25) is 0 Å². The Hall–Kier alpha value is -2.34. The van der Waals surface area contributed by atoms with Gasteiger partial charge >= 0.3 is 5.97 Å². The van der Waals surface area contributed by atoms with Gasteiger partial charge in [-0.1, -0.05) is 29.8 Å². The van der Waals surface area contributed by atoms with E-state index in [1.807, 2.05) is 31.2 Å². The Morgan fingerprint density at radius 2 is 2.00 bits per heavy atom. The number of carbonyl (C=O) groups excluding carboxylic acids is 1. The molecule has 21 heavy (non-hydrogen) atoms. The first-order chi connectivity index (χ1) is 10.0. The molecule has 1 heterocycles. The lowest BCUT2D eigenvalue weighted by Crippen LogP contribution is -2.28. The summed E-state index contributed by atoms with van der Waals surface area (Å²) in [6, 6.07) is 9.27. The fourth-order valence-electron chi connectivity index (χ4n) is 1.61. The summed E-state index contributed by atoms with van der Waals surface area (Å²) in [4.78, 5) is 22.5. The van der Waals surface area contributed by atoms with E-state index in [1.165, 1.54) is 11.6 Å². The highest BCUT2D eigenvalue weighted by Crippen LogP contribution is 2.21. The van der Waals surface area contributed by atoms with Gasteiger partial charge in [-0.25, -0.2) is 4.79 Å². The average molecular weight is 305 g/mol. The number of carbonyl (C=O) groups is 2. The van der Waals surface area contributed by atoms with Crippen LogP contribution in [0.25, 0.3) is 0 Å². The van der Waals surface area contributed by atoms with Crippen molar-refractivity contribution in [2.75, 3.05) is 6.61 Å². The van der Waals surface area contributed by atoms with Crippen molar-refractivity contribution in [3.05, 3.63) is 51.7 Å². The van der Waals surface area contributed by atoms with Gasteiger partial charge in [0.25, 0.3) is 5.91 Å². The molecule has 1 aromatic heterocycles. The third kappa shape index (κ3) is 4.61. The first kappa shape index (κ1) is 15.1. The molecule has 0 bridgehead atoms. The highest BCUT2D eigenvalue weighted by Gasteiger charge is 2.09. The number of carboxylic acids is 1. The number of carboxylic acid groups (broad SMARTS) is 1. The van der Waals surface area contributed by atoms with Gasteiger partial charge in [-0.3, -0.25) is 4.79 Å². The van der Waals surface area contributed by atoms with E-state index in [0.29, 0.717) is 12.3 Å². The fourth-order valence-corrected chi connectivity index (χ4v) is 2.28. The Morgan fingerprint density at radius 3 is 2.62 bits per heavy atom. The molecular weight excluding hydrogens is 290 g/mol. The van der Waals surface area contributed by atoms with Crippen molar-refractivity contribution in [3.8, 4) is 5.75 Å². The zero-order valence-electron chi connectivity index (χ0n) is 11.5. The van der Waals surface area contributed by atoms with Crippen molar-refractivity contribution in [3.63, 3.8) is 0 Å². The molecule has 2 rings (SSSR count). The van der Waals surface area contributed by atoms with Gasteiger partial charge in [0.05, 0.1) is 0 Å². The van der Waals surface area contributed by atoms with Crippen LogP contribution in [0.1, 0.15) is 20.8 Å². The molecule has 2 N–H and O–H groups in total. The standard InChI is InChI=1S/C15H15NO4S/c1-10-2-4-11(5-3-10)7-16-14(17)8-20-12-6-13(15(18)19)21-9-12/h2-6,9H,7-8H2,1H3,(H,16,17)(H,18,19). The van der Waals surface area contributed by atoms with E-state index in [1.54, 1.807) is 5.38 Å². The van der Waals surface area contributed by atoms with Gasteiger partial charge in [-0.15, -0.1) is 11.3 Å². The Balaban J connectivity index is 1.76. The zero-order valence-corrected chi connectivity index (χ0v) is 12.3. The highest BCUT2D eigenvalue weighted by atomic mass is 32.1. The van der Waals surface area contributed by atoms with Gasteiger partial charge in [0, 0.05) is 18.0 Å². The summed E-state index contributed by atoms with van der Waals surface area (Å²) in [5.41, 5.74) is 2.18. The molecule has 0 radical (unpaired) electrons. The monoisotopic (exact) mass is 305 g/mol. The first-order valence-electron chi connectivity index (χ1n) is 6.31. The third-order valence-corrected chi connectivity index (χ3v) is 3.66. The largest absolute Gasteiger partial charge is 0.483 e. The summed E-state index contributed by atoms with van der Waals surface area (Å²) >= 11 is 1.06. The molecule has 1 aromatic carbocycles. The summed E-state index contributed by atoms with van der Waals surface area (Å²) in [6.45, 7) is 2.30. The number of benzene rings is 1. The van der Waals surface area contributed by atoms with Gasteiger partial charge < -0.3 is 15.2 Å². The summed E-state index contributed by atoms with van der Waals surface area (Å²) in [5, 5.41) is 13.1. The van der Waals surface area contributed by atoms with Gasteiger partial charge in [0.2, 0.25) is 0 Å². The van der Waals surface area contributed by atoms with Crippen LogP contribution in [0.4, 0.5) is 0 Å². The van der Waals surface area contributed by atoms with Gasteiger partial charge in [-0.05, 0) is 12.5 Å². The van der Waals surface area contributed by atoms with Crippen molar-refractivity contribution in [2.45, 2.75) is 13.5 Å². The quantitative estimate of drug-likeness (QED) is 0.859. The van der Waals surface area contributed by atoms with Crippen molar-refractivity contribution >= 4 is 23.2 Å². The van der Waals surface area contributed by atoms with Crippen LogP contribution >= 0.6 is 11.3 Å². The van der Waals surface area contributed by atoms with Crippen molar-refractivity contribution in [1.29, 1.82) is 0 Å². The number of rotatable bonds is 6. The molecule has 5 nitrogen and oxygen atoms in total. The minimum Gasteiger partial charge on any atom is -0.483 e. The number of hydrogen-bond acceptors (Lipinski definition) is 4. The molecule has 0 spiro atoms. The lowest BCUT2D eigenvalue weighted by molar-refractivity contribution is -0.123. The number of hydrogen-bond donors (Lipinski definition) is 2. The first-order valence-corrected chi connectivity index (χ1v) is 7.19. The maximum atomic E-state index is 11.6. The van der Waals surface area contributed by atoms with Crippen LogP contribution in [0, 0.1) is 6.92 Å². The molecule has 0 aliphatic heterocycles. The molecule has 0 saturated heterocycles. The lowest BCUT2D eigenvalue weighted by atomic mass is 10.1. The Bertz CT molecular complexity index is 633. The van der Waals surface area contributed by atoms with Crippen LogP contribution in [0.3, 0.4) is 0 Å². The number of amides is 1. The fraction of sp³-hybridized carbons (Fsp3) is 0.200. The Kier molecular flexibility index (Phi) is 4.94. The van der Waals surface area contributed by atoms with E-state index >= 15 is 0 Å². The van der Waals surface area contributed by atoms with E-state index in [9.17, 15) is 9.59 Å². The molecule has 1 amide bonds. The minimum atomic E-state index is -1.00. The van der Waals surface area contributed by atoms with Crippen LogP contribution in [-0.2, 0) is 11.3 Å². The van der Waals surface area contributed by atoms with Crippen LogP contribution in [-0.4, -0.2) is 23.6 Å². The molecule has 0 saturated carbocycles. The van der Waals surface area contributed by atoms with E-state index in [0.717, 1.165) is 16.9 Å². The SMILES string of the molecule is Cc1ccc(CNC(=O)COc2csc(C(=O)O)c2)cc1. The lowest BCUT2D eigenvalue weighted by Gasteiger charge is -2.06. The van der Waals surface area contributed by atoms with Gasteiger partial charge in [-0.2, -0.15) is 0 Å². The van der Waals surface area contributed by atoms with E-state index in [-0.39, 0.29) is 17.4 Å². The van der Waals surface area contributed by atoms with E-state index in [4.69, 9.17) is 9.84 Å². The van der Waals surface area contributed by atoms with Gasteiger partial charge in [0.15, 0.2) is 6.61 Å². The summed E-state index contributed by atoms with van der Waals surface area (Å²) in [7, 11) is 0. The van der Waals surface area contributed by atoms with Crippen LogP contribution in [0.5, 0.6) is 5.75 Å². The predicted molar refractivity (Wildman–Crippen MR) is 79.8 cm³/mol. The average Bonchev–Trinajstić information content (AvgIpc) is 2.93. The molecule has 0 unspecified atom stereocenters. The highest BCUT2D eigenvalue weighted by molar-refractivity contribution is 7.12. The van der Waals surface area contributed by atoms with Crippen LogP contribution in [0.15, 0.2) is 35.7 Å². The molecule has 0 aliphatic rings. The smallest absolute Gasteiger partial charge is 0.346 e. The third-order valence-electron chi connectivity index (χ3n) is 2.77. The maximum Gasteiger partial charge on any atom is 0.346 e.